The highest BCUT2D eigenvalue weighted by Crippen LogP contribution is 2.62. The van der Waals surface area contributed by atoms with E-state index in [0.717, 1.165) is 40.0 Å². The van der Waals surface area contributed by atoms with E-state index in [1.807, 2.05) is 30.3 Å². The highest BCUT2D eigenvalue weighted by atomic mass is 16.5. The van der Waals surface area contributed by atoms with Gasteiger partial charge in [0.15, 0.2) is 0 Å². The zero-order chi connectivity index (χ0) is 26.7. The molecule has 4 aliphatic rings. The maximum atomic E-state index is 11.8. The Morgan fingerprint density at radius 3 is 2.42 bits per heavy atom. The summed E-state index contributed by atoms with van der Waals surface area (Å²) < 4.78 is 11.2. The number of ether oxygens (including phenoxy) is 2. The molecular formula is C32H39NO5. The van der Waals surface area contributed by atoms with E-state index in [2.05, 4.69) is 11.4 Å². The second-order valence-electron chi connectivity index (χ2n) is 11.5. The summed E-state index contributed by atoms with van der Waals surface area (Å²) in [5.41, 5.74) is 3.97. The molecule has 0 aliphatic heterocycles. The molecule has 202 valence electrons. The van der Waals surface area contributed by atoms with Gasteiger partial charge in [0.25, 0.3) is 0 Å². The lowest BCUT2D eigenvalue weighted by atomic mass is 9.48. The number of carbonyl (C=O) groups excluding carboxylic acids is 2. The van der Waals surface area contributed by atoms with E-state index in [1.54, 1.807) is 13.0 Å². The summed E-state index contributed by atoms with van der Waals surface area (Å²) in [7, 11) is 0. The molecule has 0 unspecified atom stereocenters. The van der Waals surface area contributed by atoms with Crippen molar-refractivity contribution >= 4 is 18.0 Å². The first-order valence-electron chi connectivity index (χ1n) is 14.0. The number of esters is 1. The minimum atomic E-state index is -0.381. The molecule has 2 aromatic carbocycles. The lowest BCUT2D eigenvalue weighted by Crippen LogP contribution is -2.48. The van der Waals surface area contributed by atoms with Crippen molar-refractivity contribution in [3.05, 3.63) is 53.6 Å². The van der Waals surface area contributed by atoms with Gasteiger partial charge in [-0.2, -0.15) is 0 Å². The molecule has 4 aliphatic carbocycles. The zero-order valence-corrected chi connectivity index (χ0v) is 22.5. The van der Waals surface area contributed by atoms with E-state index in [9.17, 15) is 14.7 Å². The van der Waals surface area contributed by atoms with Crippen LogP contribution in [0.3, 0.4) is 0 Å². The van der Waals surface area contributed by atoms with Crippen LogP contribution in [0.1, 0.15) is 69.9 Å². The highest BCUT2D eigenvalue weighted by Gasteiger charge is 2.52. The van der Waals surface area contributed by atoms with Gasteiger partial charge in [0.2, 0.25) is 5.91 Å². The van der Waals surface area contributed by atoms with Gasteiger partial charge >= 0.3 is 5.97 Å². The van der Waals surface area contributed by atoms with Gasteiger partial charge in [-0.05, 0) is 110 Å². The summed E-state index contributed by atoms with van der Waals surface area (Å²) in [5, 5.41) is 13.8. The molecule has 1 amide bonds. The third-order valence-electron chi connectivity index (χ3n) is 8.57. The second-order valence-corrected chi connectivity index (χ2v) is 11.5. The van der Waals surface area contributed by atoms with Crippen LogP contribution in [0.15, 0.2) is 42.5 Å². The van der Waals surface area contributed by atoms with Crippen molar-refractivity contribution in [2.75, 3.05) is 19.8 Å². The Balaban J connectivity index is 1.44. The average molecular weight is 518 g/mol. The fourth-order valence-electron chi connectivity index (χ4n) is 7.44. The van der Waals surface area contributed by atoms with Gasteiger partial charge in [-0.15, -0.1) is 0 Å². The van der Waals surface area contributed by atoms with E-state index < -0.39 is 0 Å². The van der Waals surface area contributed by atoms with Crippen LogP contribution >= 0.6 is 0 Å². The van der Waals surface area contributed by atoms with E-state index >= 15 is 0 Å². The van der Waals surface area contributed by atoms with E-state index in [0.29, 0.717) is 37.7 Å². The molecule has 0 aromatic heterocycles. The van der Waals surface area contributed by atoms with Crippen molar-refractivity contribution in [3.8, 4) is 22.6 Å². The van der Waals surface area contributed by atoms with E-state index in [-0.39, 0.29) is 17.3 Å². The zero-order valence-electron chi connectivity index (χ0n) is 22.5. The Morgan fingerprint density at radius 1 is 1.05 bits per heavy atom. The van der Waals surface area contributed by atoms with Gasteiger partial charge in [0, 0.05) is 30.7 Å². The third-order valence-corrected chi connectivity index (χ3v) is 8.57. The van der Waals surface area contributed by atoms with Crippen LogP contribution in [0, 0.1) is 17.8 Å². The molecule has 6 nitrogen and oxygen atoms in total. The van der Waals surface area contributed by atoms with Crippen LogP contribution in [-0.4, -0.2) is 36.7 Å². The Kier molecular flexibility index (Phi) is 7.78. The minimum Gasteiger partial charge on any atom is -0.508 e. The molecule has 6 heteroatoms. The highest BCUT2D eigenvalue weighted by molar-refractivity contribution is 5.87. The van der Waals surface area contributed by atoms with Crippen LogP contribution in [0.5, 0.6) is 11.5 Å². The first-order valence-corrected chi connectivity index (χ1v) is 14.0. The maximum Gasteiger partial charge on any atom is 0.330 e. The van der Waals surface area contributed by atoms with Crippen molar-refractivity contribution < 1.29 is 24.2 Å². The molecule has 0 radical (unpaired) electrons. The number of phenols is 1. The Hall–Kier alpha value is -3.28. The molecule has 2 aromatic rings. The number of phenolic OH excluding ortho intramolecular Hbond substituents is 1. The number of rotatable bonds is 10. The van der Waals surface area contributed by atoms with Crippen molar-refractivity contribution in [1.29, 1.82) is 0 Å². The molecule has 0 atom stereocenters. The number of carbonyl (C=O) groups is 2. The van der Waals surface area contributed by atoms with Gasteiger partial charge in [-0.25, -0.2) is 4.79 Å². The fourth-order valence-corrected chi connectivity index (χ4v) is 7.44. The van der Waals surface area contributed by atoms with Gasteiger partial charge < -0.3 is 19.9 Å². The van der Waals surface area contributed by atoms with Crippen molar-refractivity contribution in [2.45, 2.75) is 64.2 Å². The molecule has 4 fully saturated rings. The number of benzene rings is 2. The van der Waals surface area contributed by atoms with Gasteiger partial charge in [-0.3, -0.25) is 4.79 Å². The van der Waals surface area contributed by atoms with Crippen molar-refractivity contribution in [2.24, 2.45) is 17.8 Å². The largest absolute Gasteiger partial charge is 0.508 e. The van der Waals surface area contributed by atoms with E-state index in [1.165, 1.54) is 51.5 Å². The van der Waals surface area contributed by atoms with Gasteiger partial charge in [0.1, 0.15) is 11.5 Å². The van der Waals surface area contributed by atoms with E-state index in [4.69, 9.17) is 9.47 Å². The lowest BCUT2D eigenvalue weighted by molar-refractivity contribution is -0.137. The molecule has 4 saturated carbocycles. The SMILES string of the molecule is CCOC(=O)C=Cc1ccc(-c2ccc(O)c(C34CC5CC(CC(C5)C3)C4)c2)c(OCCCNC(C)=O)c1. The molecule has 0 saturated heterocycles. The number of amides is 1. The predicted molar refractivity (Wildman–Crippen MR) is 148 cm³/mol. The smallest absolute Gasteiger partial charge is 0.330 e. The monoisotopic (exact) mass is 517 g/mol. The predicted octanol–water partition coefficient (Wildman–Crippen LogP) is 6.01. The summed E-state index contributed by atoms with van der Waals surface area (Å²) in [6.07, 6.45) is 11.4. The molecule has 2 N–H and O–H groups in total. The van der Waals surface area contributed by atoms with Crippen molar-refractivity contribution in [3.63, 3.8) is 0 Å². The molecule has 6 rings (SSSR count). The number of nitrogens with one attached hydrogen (secondary N) is 1. The molecule has 0 spiro atoms. The maximum absolute atomic E-state index is 11.8. The third kappa shape index (κ3) is 5.74. The fraction of sp³-hybridized carbons (Fsp3) is 0.500. The standard InChI is InChI=1S/C32H39NO5/c1-3-37-31(36)10-6-22-5-8-27(30(16-22)38-12-4-11-33-21(2)34)26-7-9-29(35)28(17-26)32-18-23-13-24(19-32)15-25(14-23)20-32/h5-10,16-17,23-25,35H,3-4,11-15,18-20H2,1-2H3,(H,33,34). The molecule has 4 bridgehead atoms. The van der Waals surface area contributed by atoms with Crippen LogP contribution in [0.4, 0.5) is 0 Å². The molecular weight excluding hydrogens is 478 g/mol. The molecule has 38 heavy (non-hydrogen) atoms. The topological polar surface area (TPSA) is 84.9 Å². The van der Waals surface area contributed by atoms with Crippen molar-refractivity contribution in [1.82, 2.24) is 5.32 Å². The first kappa shape index (κ1) is 26.3. The van der Waals surface area contributed by atoms with Crippen LogP contribution in [0.25, 0.3) is 17.2 Å². The lowest BCUT2D eigenvalue weighted by Gasteiger charge is -2.57. The Morgan fingerprint density at radius 2 is 1.76 bits per heavy atom. The summed E-state index contributed by atoms with van der Waals surface area (Å²) in [4.78, 5) is 23.0. The first-order chi connectivity index (χ1) is 18.3. The number of hydrogen-bond acceptors (Lipinski definition) is 5. The Labute approximate surface area is 225 Å². The second kappa shape index (κ2) is 11.2. The Bertz CT molecular complexity index is 1180. The van der Waals surface area contributed by atoms with Gasteiger partial charge in [-0.1, -0.05) is 18.2 Å². The summed E-state index contributed by atoms with van der Waals surface area (Å²) >= 11 is 0. The number of hydrogen-bond donors (Lipinski definition) is 2. The van der Waals surface area contributed by atoms with Crippen LogP contribution < -0.4 is 10.1 Å². The minimum absolute atomic E-state index is 0.0573. The summed E-state index contributed by atoms with van der Waals surface area (Å²) in [6.45, 7) is 4.60. The summed E-state index contributed by atoms with van der Waals surface area (Å²) in [5.74, 6) is 3.04. The normalized spacial score (nSPS) is 25.5. The summed E-state index contributed by atoms with van der Waals surface area (Å²) in [6, 6.07) is 11.9. The van der Waals surface area contributed by atoms with Gasteiger partial charge in [0.05, 0.1) is 13.2 Å². The molecule has 0 heterocycles. The average Bonchev–Trinajstić information content (AvgIpc) is 2.87. The van der Waals surface area contributed by atoms with Crippen LogP contribution in [-0.2, 0) is 19.7 Å². The van der Waals surface area contributed by atoms with Crippen LogP contribution in [0.2, 0.25) is 0 Å². The number of aromatic hydroxyl groups is 1. The quantitative estimate of drug-likeness (QED) is 0.229.